The lowest BCUT2D eigenvalue weighted by molar-refractivity contribution is -0.121. The number of nitrogens with zero attached hydrogens (tertiary/aromatic N) is 1. The van der Waals surface area contributed by atoms with Gasteiger partial charge in [-0.25, -0.2) is 4.79 Å². The summed E-state index contributed by atoms with van der Waals surface area (Å²) in [4.78, 5) is 26.2. The molecule has 6 heteroatoms. The van der Waals surface area contributed by atoms with E-state index in [1.165, 1.54) is 6.42 Å². The molecule has 1 aliphatic carbocycles. The molecule has 0 radical (unpaired) electrons. The van der Waals surface area contributed by atoms with Crippen LogP contribution in [0.5, 0.6) is 0 Å². The normalized spacial score (nSPS) is 33.2. The van der Waals surface area contributed by atoms with Crippen LogP contribution in [0, 0.1) is 5.92 Å². The van der Waals surface area contributed by atoms with Gasteiger partial charge in [0.2, 0.25) is 5.91 Å². The Morgan fingerprint density at radius 2 is 1.91 bits per heavy atom. The summed E-state index contributed by atoms with van der Waals surface area (Å²) in [7, 11) is 0. The fourth-order valence-electron chi connectivity index (χ4n) is 3.30. The summed E-state index contributed by atoms with van der Waals surface area (Å²) in [5, 5.41) is 5.98. The van der Waals surface area contributed by atoms with E-state index in [0.29, 0.717) is 23.8 Å². The number of carbonyl (C=O) groups is 2. The average Bonchev–Trinajstić information content (AvgIpc) is 2.46. The number of rotatable bonds is 3. The maximum atomic E-state index is 12.1. The van der Waals surface area contributed by atoms with Crippen molar-refractivity contribution in [3.63, 3.8) is 0 Å². The van der Waals surface area contributed by atoms with E-state index in [1.807, 2.05) is 11.8 Å². The Kier molecular flexibility index (Phi) is 6.56. The maximum Gasteiger partial charge on any atom is 0.321 e. The van der Waals surface area contributed by atoms with Crippen molar-refractivity contribution >= 4 is 23.7 Å². The van der Waals surface area contributed by atoms with Gasteiger partial charge in [-0.2, -0.15) is 11.8 Å². The monoisotopic (exact) mass is 327 g/mol. The summed E-state index contributed by atoms with van der Waals surface area (Å²) in [5.74, 6) is 1.34. The van der Waals surface area contributed by atoms with Gasteiger partial charge in [0, 0.05) is 29.6 Å². The summed E-state index contributed by atoms with van der Waals surface area (Å²) >= 11 is 1.94. The standard InChI is InChI=1S/C16H29N3O2S/c1-11-6-4-5-7-14(11)17-16(21)18-15(20)10-19-8-9-22-13(3)12(19)2/h11-14H,4-10H2,1-3H3,(H2,17,18,20,21)/t11-,12-,13-,14+/m1/s1. The molecule has 2 aliphatic rings. The molecule has 1 heterocycles. The smallest absolute Gasteiger partial charge is 0.321 e. The summed E-state index contributed by atoms with van der Waals surface area (Å²) < 4.78 is 0. The van der Waals surface area contributed by atoms with Crippen LogP contribution in [-0.2, 0) is 4.79 Å². The number of hydrogen-bond donors (Lipinski definition) is 2. The van der Waals surface area contributed by atoms with E-state index < -0.39 is 0 Å². The molecule has 0 aromatic rings. The molecular weight excluding hydrogens is 298 g/mol. The van der Waals surface area contributed by atoms with Gasteiger partial charge in [-0.05, 0) is 25.7 Å². The zero-order chi connectivity index (χ0) is 16.1. The molecule has 22 heavy (non-hydrogen) atoms. The first-order chi connectivity index (χ1) is 10.5. The van der Waals surface area contributed by atoms with Gasteiger partial charge in [0.15, 0.2) is 0 Å². The number of imide groups is 1. The molecule has 1 aliphatic heterocycles. The molecule has 5 nitrogen and oxygen atoms in total. The highest BCUT2D eigenvalue weighted by Crippen LogP contribution is 2.24. The Bertz CT molecular complexity index is 405. The average molecular weight is 327 g/mol. The summed E-state index contributed by atoms with van der Waals surface area (Å²) in [5.41, 5.74) is 0. The van der Waals surface area contributed by atoms with Crippen molar-refractivity contribution in [1.29, 1.82) is 0 Å². The van der Waals surface area contributed by atoms with Crippen molar-refractivity contribution in [1.82, 2.24) is 15.5 Å². The van der Waals surface area contributed by atoms with Crippen molar-refractivity contribution in [2.75, 3.05) is 18.8 Å². The van der Waals surface area contributed by atoms with Crippen molar-refractivity contribution < 1.29 is 9.59 Å². The Morgan fingerprint density at radius 1 is 1.18 bits per heavy atom. The summed E-state index contributed by atoms with van der Waals surface area (Å²) in [6.07, 6.45) is 4.56. The van der Waals surface area contributed by atoms with Crippen molar-refractivity contribution in [3.8, 4) is 0 Å². The molecular formula is C16H29N3O2S. The summed E-state index contributed by atoms with van der Waals surface area (Å²) in [6, 6.07) is 0.230. The van der Waals surface area contributed by atoms with Gasteiger partial charge in [-0.3, -0.25) is 15.0 Å². The largest absolute Gasteiger partial charge is 0.335 e. The molecule has 0 unspecified atom stereocenters. The van der Waals surface area contributed by atoms with Gasteiger partial charge in [0.25, 0.3) is 0 Å². The molecule has 1 saturated heterocycles. The van der Waals surface area contributed by atoms with Crippen LogP contribution in [0.2, 0.25) is 0 Å². The number of hydrogen-bond acceptors (Lipinski definition) is 4. The minimum absolute atomic E-state index is 0.201. The van der Waals surface area contributed by atoms with Crippen molar-refractivity contribution in [3.05, 3.63) is 0 Å². The van der Waals surface area contributed by atoms with E-state index >= 15 is 0 Å². The first-order valence-electron chi connectivity index (χ1n) is 8.43. The lowest BCUT2D eigenvalue weighted by atomic mass is 9.86. The fourth-order valence-corrected chi connectivity index (χ4v) is 4.47. The number of nitrogens with one attached hydrogen (secondary N) is 2. The molecule has 3 amide bonds. The van der Waals surface area contributed by atoms with E-state index in [2.05, 4.69) is 36.3 Å². The third-order valence-corrected chi connectivity index (χ3v) is 6.38. The van der Waals surface area contributed by atoms with Gasteiger partial charge in [0.1, 0.15) is 0 Å². The molecule has 4 atom stereocenters. The van der Waals surface area contributed by atoms with Crippen LogP contribution >= 0.6 is 11.8 Å². The third-order valence-electron chi connectivity index (χ3n) is 5.04. The quantitative estimate of drug-likeness (QED) is 0.834. The number of amides is 3. The van der Waals surface area contributed by atoms with Crippen LogP contribution in [0.1, 0.15) is 46.5 Å². The summed E-state index contributed by atoms with van der Waals surface area (Å²) in [6.45, 7) is 7.72. The van der Waals surface area contributed by atoms with Crippen molar-refractivity contribution in [2.24, 2.45) is 5.92 Å². The minimum atomic E-state index is -0.337. The van der Waals surface area contributed by atoms with Crippen LogP contribution in [-0.4, -0.2) is 53.0 Å². The van der Waals surface area contributed by atoms with E-state index in [1.54, 1.807) is 0 Å². The second kappa shape index (κ2) is 8.20. The van der Waals surface area contributed by atoms with Gasteiger partial charge < -0.3 is 5.32 Å². The predicted octanol–water partition coefficient (Wildman–Crippen LogP) is 2.22. The Labute approximate surface area is 138 Å². The molecule has 1 saturated carbocycles. The second-order valence-electron chi connectivity index (χ2n) is 6.68. The van der Waals surface area contributed by atoms with E-state index in [0.717, 1.165) is 31.6 Å². The van der Waals surface area contributed by atoms with Crippen LogP contribution in [0.15, 0.2) is 0 Å². The predicted molar refractivity (Wildman–Crippen MR) is 91.0 cm³/mol. The highest BCUT2D eigenvalue weighted by atomic mass is 32.2. The number of thioether (sulfide) groups is 1. The van der Waals surface area contributed by atoms with Gasteiger partial charge in [-0.1, -0.05) is 26.7 Å². The molecule has 0 spiro atoms. The maximum absolute atomic E-state index is 12.1. The number of urea groups is 1. The molecule has 2 N–H and O–H groups in total. The molecule has 0 bridgehead atoms. The van der Waals surface area contributed by atoms with E-state index in [9.17, 15) is 9.59 Å². The van der Waals surface area contributed by atoms with E-state index in [4.69, 9.17) is 0 Å². The first-order valence-corrected chi connectivity index (χ1v) is 9.48. The van der Waals surface area contributed by atoms with Crippen LogP contribution in [0.4, 0.5) is 4.79 Å². The fraction of sp³-hybridized carbons (Fsp3) is 0.875. The van der Waals surface area contributed by atoms with Crippen molar-refractivity contribution in [2.45, 2.75) is 63.8 Å². The molecule has 2 rings (SSSR count). The first kappa shape index (κ1) is 17.6. The third kappa shape index (κ3) is 4.88. The SMILES string of the molecule is C[C@@H]1CCCC[C@@H]1NC(=O)NC(=O)CN1CCS[C@H](C)[C@H]1C. The second-order valence-corrected chi connectivity index (χ2v) is 8.16. The minimum Gasteiger partial charge on any atom is -0.335 e. The highest BCUT2D eigenvalue weighted by molar-refractivity contribution is 8.00. The highest BCUT2D eigenvalue weighted by Gasteiger charge is 2.28. The molecule has 2 fully saturated rings. The lowest BCUT2D eigenvalue weighted by Crippen LogP contribution is -2.52. The van der Waals surface area contributed by atoms with Gasteiger partial charge in [0.05, 0.1) is 6.54 Å². The van der Waals surface area contributed by atoms with Crippen LogP contribution in [0.25, 0.3) is 0 Å². The zero-order valence-corrected chi connectivity index (χ0v) is 14.7. The molecule has 0 aromatic carbocycles. The Morgan fingerprint density at radius 3 is 2.64 bits per heavy atom. The van der Waals surface area contributed by atoms with E-state index in [-0.39, 0.29) is 18.0 Å². The topological polar surface area (TPSA) is 61.4 Å². The number of carbonyl (C=O) groups excluding carboxylic acids is 2. The Balaban J connectivity index is 1.75. The zero-order valence-electron chi connectivity index (χ0n) is 13.9. The van der Waals surface area contributed by atoms with Crippen LogP contribution < -0.4 is 10.6 Å². The molecule has 0 aromatic heterocycles. The van der Waals surface area contributed by atoms with Gasteiger partial charge in [-0.15, -0.1) is 0 Å². The van der Waals surface area contributed by atoms with Gasteiger partial charge >= 0.3 is 6.03 Å². The lowest BCUT2D eigenvalue weighted by Gasteiger charge is -2.36. The molecule has 126 valence electrons. The Hall–Kier alpha value is -0.750. The van der Waals surface area contributed by atoms with Crippen LogP contribution in [0.3, 0.4) is 0 Å².